The SMILES string of the molecule is Cc1ccc(OCC(=O)NCC2CC(O)C2)c(C)c1. The summed E-state index contributed by atoms with van der Waals surface area (Å²) < 4.78 is 5.50. The molecule has 0 spiro atoms. The lowest BCUT2D eigenvalue weighted by molar-refractivity contribution is -0.123. The summed E-state index contributed by atoms with van der Waals surface area (Å²) in [5.74, 6) is 1.06. The number of aliphatic hydroxyl groups excluding tert-OH is 1. The molecular weight excluding hydrogens is 242 g/mol. The predicted octanol–water partition coefficient (Wildman–Crippen LogP) is 1.57. The van der Waals surface area contributed by atoms with Gasteiger partial charge in [0.1, 0.15) is 5.75 Å². The minimum Gasteiger partial charge on any atom is -0.484 e. The smallest absolute Gasteiger partial charge is 0.257 e. The van der Waals surface area contributed by atoms with E-state index in [-0.39, 0.29) is 18.6 Å². The number of benzene rings is 1. The van der Waals surface area contributed by atoms with Gasteiger partial charge in [-0.3, -0.25) is 4.79 Å². The highest BCUT2D eigenvalue weighted by Gasteiger charge is 2.27. The fourth-order valence-corrected chi connectivity index (χ4v) is 2.28. The average Bonchev–Trinajstić information content (AvgIpc) is 2.32. The van der Waals surface area contributed by atoms with Crippen LogP contribution in [0.2, 0.25) is 0 Å². The molecule has 0 atom stereocenters. The Morgan fingerprint density at radius 1 is 1.42 bits per heavy atom. The lowest BCUT2D eigenvalue weighted by Crippen LogP contribution is -2.40. The lowest BCUT2D eigenvalue weighted by atomic mass is 9.82. The molecule has 1 aliphatic carbocycles. The van der Waals surface area contributed by atoms with Gasteiger partial charge in [0.05, 0.1) is 6.10 Å². The monoisotopic (exact) mass is 263 g/mol. The first-order valence-corrected chi connectivity index (χ1v) is 6.69. The van der Waals surface area contributed by atoms with Crippen LogP contribution in [0.4, 0.5) is 0 Å². The molecular formula is C15H21NO3. The number of hydrogen-bond donors (Lipinski definition) is 2. The molecule has 0 saturated heterocycles. The fourth-order valence-electron chi connectivity index (χ4n) is 2.28. The number of hydrogen-bond acceptors (Lipinski definition) is 3. The van der Waals surface area contributed by atoms with Crippen LogP contribution < -0.4 is 10.1 Å². The topological polar surface area (TPSA) is 58.6 Å². The van der Waals surface area contributed by atoms with Crippen molar-refractivity contribution in [3.05, 3.63) is 29.3 Å². The van der Waals surface area contributed by atoms with Crippen molar-refractivity contribution in [2.75, 3.05) is 13.2 Å². The van der Waals surface area contributed by atoms with Gasteiger partial charge in [0, 0.05) is 6.54 Å². The zero-order chi connectivity index (χ0) is 13.8. The summed E-state index contributed by atoms with van der Waals surface area (Å²) in [5.41, 5.74) is 2.22. The summed E-state index contributed by atoms with van der Waals surface area (Å²) in [6.45, 7) is 4.66. The Kier molecular flexibility index (Phi) is 4.43. The van der Waals surface area contributed by atoms with Crippen LogP contribution in [0.5, 0.6) is 5.75 Å². The Balaban J connectivity index is 1.71. The molecule has 1 aromatic rings. The van der Waals surface area contributed by atoms with Gasteiger partial charge >= 0.3 is 0 Å². The summed E-state index contributed by atoms with van der Waals surface area (Å²) in [6, 6.07) is 5.89. The molecule has 0 aromatic heterocycles. The van der Waals surface area contributed by atoms with E-state index in [9.17, 15) is 4.79 Å². The summed E-state index contributed by atoms with van der Waals surface area (Å²) in [5, 5.41) is 12.0. The van der Waals surface area contributed by atoms with Gasteiger partial charge in [0.2, 0.25) is 0 Å². The highest BCUT2D eigenvalue weighted by atomic mass is 16.5. The number of carbonyl (C=O) groups excluding carboxylic acids is 1. The van der Waals surface area contributed by atoms with Crippen molar-refractivity contribution in [1.29, 1.82) is 0 Å². The van der Waals surface area contributed by atoms with Crippen LogP contribution in [0, 0.1) is 19.8 Å². The molecule has 4 nitrogen and oxygen atoms in total. The van der Waals surface area contributed by atoms with Gasteiger partial charge in [0.25, 0.3) is 5.91 Å². The molecule has 0 bridgehead atoms. The minimum atomic E-state index is -0.173. The quantitative estimate of drug-likeness (QED) is 0.847. The third-order valence-corrected chi connectivity index (χ3v) is 3.49. The Labute approximate surface area is 113 Å². The van der Waals surface area contributed by atoms with Gasteiger partial charge in [0.15, 0.2) is 6.61 Å². The van der Waals surface area contributed by atoms with E-state index in [1.54, 1.807) is 0 Å². The summed E-state index contributed by atoms with van der Waals surface area (Å²) in [6.07, 6.45) is 1.41. The van der Waals surface area contributed by atoms with Crippen molar-refractivity contribution in [1.82, 2.24) is 5.32 Å². The van der Waals surface area contributed by atoms with Crippen molar-refractivity contribution in [2.45, 2.75) is 32.8 Å². The molecule has 0 heterocycles. The van der Waals surface area contributed by atoms with Crippen molar-refractivity contribution >= 4 is 5.91 Å². The summed E-state index contributed by atoms with van der Waals surface area (Å²) in [7, 11) is 0. The predicted molar refractivity (Wildman–Crippen MR) is 73.2 cm³/mol. The Morgan fingerprint density at radius 3 is 2.79 bits per heavy atom. The van der Waals surface area contributed by atoms with Gasteiger partial charge in [-0.1, -0.05) is 17.7 Å². The van der Waals surface area contributed by atoms with Crippen LogP contribution in [0.25, 0.3) is 0 Å². The second-order valence-electron chi connectivity index (χ2n) is 5.35. The molecule has 0 aliphatic heterocycles. The number of carbonyl (C=O) groups is 1. The van der Waals surface area contributed by atoms with Crippen LogP contribution in [-0.2, 0) is 4.79 Å². The van der Waals surface area contributed by atoms with Crippen LogP contribution in [0.3, 0.4) is 0 Å². The maximum Gasteiger partial charge on any atom is 0.257 e. The molecule has 2 N–H and O–H groups in total. The average molecular weight is 263 g/mol. The minimum absolute atomic E-state index is 0.0408. The first-order chi connectivity index (χ1) is 9.04. The van der Waals surface area contributed by atoms with Crippen LogP contribution >= 0.6 is 0 Å². The maximum absolute atomic E-state index is 11.6. The van der Waals surface area contributed by atoms with Gasteiger partial charge < -0.3 is 15.2 Å². The van der Waals surface area contributed by atoms with Crippen molar-refractivity contribution in [3.8, 4) is 5.75 Å². The van der Waals surface area contributed by atoms with Gasteiger partial charge in [-0.15, -0.1) is 0 Å². The lowest BCUT2D eigenvalue weighted by Gasteiger charge is -2.31. The third kappa shape index (κ3) is 3.96. The largest absolute Gasteiger partial charge is 0.484 e. The van der Waals surface area contributed by atoms with E-state index in [2.05, 4.69) is 5.32 Å². The molecule has 0 radical (unpaired) electrons. The third-order valence-electron chi connectivity index (χ3n) is 3.49. The number of aryl methyl sites for hydroxylation is 2. The van der Waals surface area contributed by atoms with E-state index in [0.717, 1.165) is 24.2 Å². The molecule has 4 heteroatoms. The molecule has 1 aliphatic rings. The number of rotatable bonds is 5. The zero-order valence-corrected chi connectivity index (χ0v) is 11.5. The van der Waals surface area contributed by atoms with E-state index in [1.165, 1.54) is 5.56 Å². The Hall–Kier alpha value is -1.55. The number of amides is 1. The Morgan fingerprint density at radius 2 is 2.16 bits per heavy atom. The molecule has 1 saturated carbocycles. The van der Waals surface area contributed by atoms with Crippen LogP contribution in [0.15, 0.2) is 18.2 Å². The first kappa shape index (κ1) is 13.9. The Bertz CT molecular complexity index is 453. The van der Waals surface area contributed by atoms with Crippen LogP contribution in [0.1, 0.15) is 24.0 Å². The highest BCUT2D eigenvalue weighted by molar-refractivity contribution is 5.77. The van der Waals surface area contributed by atoms with Crippen LogP contribution in [-0.4, -0.2) is 30.3 Å². The molecule has 1 aromatic carbocycles. The highest BCUT2D eigenvalue weighted by Crippen LogP contribution is 2.26. The van der Waals surface area contributed by atoms with Crippen molar-refractivity contribution < 1.29 is 14.6 Å². The number of nitrogens with one attached hydrogen (secondary N) is 1. The van der Waals surface area contributed by atoms with Crippen molar-refractivity contribution in [2.24, 2.45) is 5.92 Å². The second-order valence-corrected chi connectivity index (χ2v) is 5.35. The van der Waals surface area contributed by atoms with E-state index in [0.29, 0.717) is 12.5 Å². The van der Waals surface area contributed by atoms with E-state index >= 15 is 0 Å². The van der Waals surface area contributed by atoms with Gasteiger partial charge in [-0.25, -0.2) is 0 Å². The summed E-state index contributed by atoms with van der Waals surface area (Å²) in [4.78, 5) is 11.6. The number of aliphatic hydroxyl groups is 1. The van der Waals surface area contributed by atoms with E-state index < -0.39 is 0 Å². The maximum atomic E-state index is 11.6. The van der Waals surface area contributed by atoms with Crippen molar-refractivity contribution in [3.63, 3.8) is 0 Å². The zero-order valence-electron chi connectivity index (χ0n) is 11.5. The standard InChI is InChI=1S/C15H21NO3/c1-10-3-4-14(11(2)5-10)19-9-15(18)16-8-12-6-13(17)7-12/h3-5,12-13,17H,6-9H2,1-2H3,(H,16,18). The summed E-state index contributed by atoms with van der Waals surface area (Å²) >= 11 is 0. The first-order valence-electron chi connectivity index (χ1n) is 6.69. The molecule has 104 valence electrons. The molecule has 0 unspecified atom stereocenters. The second kappa shape index (κ2) is 6.06. The van der Waals surface area contributed by atoms with E-state index in [1.807, 2.05) is 32.0 Å². The van der Waals surface area contributed by atoms with Gasteiger partial charge in [-0.2, -0.15) is 0 Å². The molecule has 1 fully saturated rings. The molecule has 19 heavy (non-hydrogen) atoms. The van der Waals surface area contributed by atoms with Gasteiger partial charge in [-0.05, 0) is 44.2 Å². The molecule has 2 rings (SSSR count). The normalized spacial score (nSPS) is 21.6. The fraction of sp³-hybridized carbons (Fsp3) is 0.533. The molecule has 1 amide bonds. The number of ether oxygens (including phenoxy) is 1. The van der Waals surface area contributed by atoms with E-state index in [4.69, 9.17) is 9.84 Å².